The predicted octanol–water partition coefficient (Wildman–Crippen LogP) is 3.07. The number of rotatable bonds is 6. The number of carbonyl (C=O) groups excluding carboxylic acids is 1. The standard InChI is InChI=1S/C20H29F3N4O/c1-12(2)8-17(19(28)24-3)26-16-6-4-13-10-27(11-15(13)16)14-5-7-18(25-9-14)20(21,22)23/h5,7,9,12-13,15-17,26H,4,6,8,10-11H2,1-3H3,(H,24,28)/t13-,15+,16+,17+/m1/s1. The van der Waals surface area contributed by atoms with Crippen LogP contribution in [-0.4, -0.2) is 43.1 Å². The number of nitrogens with one attached hydrogen (secondary N) is 2. The third kappa shape index (κ3) is 4.59. The minimum Gasteiger partial charge on any atom is -0.370 e. The molecule has 1 aromatic heterocycles. The van der Waals surface area contributed by atoms with Crippen molar-refractivity contribution in [2.45, 2.75) is 51.4 Å². The minimum absolute atomic E-state index is 0.0129. The van der Waals surface area contributed by atoms with Crippen LogP contribution in [0.4, 0.5) is 18.9 Å². The first-order valence-electron chi connectivity index (χ1n) is 9.95. The first kappa shape index (κ1) is 20.9. The van der Waals surface area contributed by atoms with E-state index in [0.29, 0.717) is 17.8 Å². The lowest BCUT2D eigenvalue weighted by atomic mass is 9.95. The van der Waals surface area contributed by atoms with Gasteiger partial charge in [-0.15, -0.1) is 0 Å². The van der Waals surface area contributed by atoms with E-state index in [-0.39, 0.29) is 18.0 Å². The zero-order valence-electron chi connectivity index (χ0n) is 16.6. The third-order valence-corrected chi connectivity index (χ3v) is 5.95. The third-order valence-electron chi connectivity index (χ3n) is 5.95. The molecule has 0 aromatic carbocycles. The quantitative estimate of drug-likeness (QED) is 0.773. The SMILES string of the molecule is CNC(=O)[C@H](CC(C)C)N[C@H]1CC[C@@H]2CN(c3ccc(C(F)(F)F)nc3)C[C@@H]21. The topological polar surface area (TPSA) is 57.3 Å². The Morgan fingerprint density at radius 2 is 2.04 bits per heavy atom. The van der Waals surface area contributed by atoms with Gasteiger partial charge in [-0.1, -0.05) is 13.8 Å². The summed E-state index contributed by atoms with van der Waals surface area (Å²) in [5.41, 5.74) is -0.136. The summed E-state index contributed by atoms with van der Waals surface area (Å²) in [5.74, 6) is 1.30. The lowest BCUT2D eigenvalue weighted by molar-refractivity contribution is -0.141. The lowest BCUT2D eigenvalue weighted by Gasteiger charge is -2.27. The lowest BCUT2D eigenvalue weighted by Crippen LogP contribution is -2.50. The Hall–Kier alpha value is -1.83. The first-order chi connectivity index (χ1) is 13.2. The average molecular weight is 398 g/mol. The maximum atomic E-state index is 12.7. The highest BCUT2D eigenvalue weighted by atomic mass is 19.4. The summed E-state index contributed by atoms with van der Waals surface area (Å²) in [7, 11) is 1.66. The number of hydrogen-bond acceptors (Lipinski definition) is 4. The molecule has 0 spiro atoms. The van der Waals surface area contributed by atoms with Gasteiger partial charge in [0.15, 0.2) is 0 Å². The van der Waals surface area contributed by atoms with Crippen LogP contribution < -0.4 is 15.5 Å². The molecule has 0 bridgehead atoms. The molecule has 2 aliphatic rings. The highest BCUT2D eigenvalue weighted by Gasteiger charge is 2.44. The van der Waals surface area contributed by atoms with Crippen LogP contribution in [0.1, 0.15) is 38.8 Å². The van der Waals surface area contributed by atoms with E-state index in [1.807, 2.05) is 0 Å². The van der Waals surface area contributed by atoms with E-state index < -0.39 is 11.9 Å². The molecular weight excluding hydrogens is 369 g/mol. The molecule has 1 saturated heterocycles. The number of likely N-dealkylation sites (N-methyl/N-ethyl adjacent to an activating group) is 1. The van der Waals surface area contributed by atoms with Crippen LogP contribution in [0.15, 0.2) is 18.3 Å². The maximum absolute atomic E-state index is 12.7. The Morgan fingerprint density at radius 3 is 2.61 bits per heavy atom. The Labute approximate surface area is 164 Å². The molecule has 1 aliphatic carbocycles. The van der Waals surface area contributed by atoms with Crippen molar-refractivity contribution in [2.24, 2.45) is 17.8 Å². The van der Waals surface area contributed by atoms with Gasteiger partial charge in [-0.3, -0.25) is 4.79 Å². The molecule has 0 unspecified atom stereocenters. The van der Waals surface area contributed by atoms with E-state index in [0.717, 1.165) is 44.1 Å². The van der Waals surface area contributed by atoms with Crippen molar-refractivity contribution in [2.75, 3.05) is 25.0 Å². The van der Waals surface area contributed by atoms with Gasteiger partial charge >= 0.3 is 6.18 Å². The van der Waals surface area contributed by atoms with E-state index >= 15 is 0 Å². The van der Waals surface area contributed by atoms with Gasteiger partial charge in [0.25, 0.3) is 0 Å². The molecule has 2 N–H and O–H groups in total. The minimum atomic E-state index is -4.42. The van der Waals surface area contributed by atoms with Crippen LogP contribution in [0.25, 0.3) is 0 Å². The van der Waals surface area contributed by atoms with Crippen molar-refractivity contribution < 1.29 is 18.0 Å². The van der Waals surface area contributed by atoms with Gasteiger partial charge < -0.3 is 15.5 Å². The Morgan fingerprint density at radius 1 is 1.29 bits per heavy atom. The summed E-state index contributed by atoms with van der Waals surface area (Å²) < 4.78 is 38.2. The number of hydrogen-bond donors (Lipinski definition) is 2. The fourth-order valence-corrected chi connectivity index (χ4v) is 4.58. The van der Waals surface area contributed by atoms with E-state index in [1.165, 1.54) is 12.3 Å². The number of nitrogens with zero attached hydrogens (tertiary/aromatic N) is 2. The second-order valence-electron chi connectivity index (χ2n) is 8.38. The first-order valence-corrected chi connectivity index (χ1v) is 9.95. The largest absolute Gasteiger partial charge is 0.433 e. The zero-order chi connectivity index (χ0) is 20.5. The van der Waals surface area contributed by atoms with Crippen LogP contribution in [0, 0.1) is 17.8 Å². The smallest absolute Gasteiger partial charge is 0.370 e. The van der Waals surface area contributed by atoms with Crippen LogP contribution >= 0.6 is 0 Å². The molecule has 1 amide bonds. The van der Waals surface area contributed by atoms with Gasteiger partial charge in [-0.05, 0) is 49.1 Å². The van der Waals surface area contributed by atoms with Gasteiger partial charge in [0.1, 0.15) is 5.69 Å². The normalized spacial score (nSPS) is 25.8. The van der Waals surface area contributed by atoms with Gasteiger partial charge in [-0.25, -0.2) is 4.98 Å². The molecule has 2 fully saturated rings. The summed E-state index contributed by atoms with van der Waals surface area (Å²) in [5, 5.41) is 6.31. The molecule has 8 heteroatoms. The fourth-order valence-electron chi connectivity index (χ4n) is 4.58. The summed E-state index contributed by atoms with van der Waals surface area (Å²) in [6.07, 6.45) is -0.228. The number of pyridine rings is 1. The molecule has 5 nitrogen and oxygen atoms in total. The molecule has 3 rings (SSSR count). The molecule has 1 aliphatic heterocycles. The van der Waals surface area contributed by atoms with Crippen LogP contribution in [0.5, 0.6) is 0 Å². The van der Waals surface area contributed by atoms with Crippen molar-refractivity contribution >= 4 is 11.6 Å². The zero-order valence-corrected chi connectivity index (χ0v) is 16.6. The van der Waals surface area contributed by atoms with Crippen molar-refractivity contribution in [3.8, 4) is 0 Å². The highest BCUT2D eigenvalue weighted by Crippen LogP contribution is 2.40. The van der Waals surface area contributed by atoms with Crippen LogP contribution in [-0.2, 0) is 11.0 Å². The van der Waals surface area contributed by atoms with Gasteiger partial charge in [0, 0.05) is 26.2 Å². The number of halogens is 3. The predicted molar refractivity (Wildman–Crippen MR) is 102 cm³/mol. The van der Waals surface area contributed by atoms with Crippen molar-refractivity contribution in [1.82, 2.24) is 15.6 Å². The van der Waals surface area contributed by atoms with Gasteiger partial charge in [0.05, 0.1) is 17.9 Å². The average Bonchev–Trinajstić information content (AvgIpc) is 3.21. The Kier molecular flexibility index (Phi) is 6.17. The maximum Gasteiger partial charge on any atom is 0.433 e. The number of amides is 1. The van der Waals surface area contributed by atoms with Gasteiger partial charge in [-0.2, -0.15) is 13.2 Å². The number of alkyl halides is 3. The number of fused-ring (bicyclic) bond motifs is 1. The van der Waals surface area contributed by atoms with E-state index in [9.17, 15) is 18.0 Å². The van der Waals surface area contributed by atoms with Crippen molar-refractivity contribution in [1.29, 1.82) is 0 Å². The van der Waals surface area contributed by atoms with E-state index in [2.05, 4.69) is 34.4 Å². The summed E-state index contributed by atoms with van der Waals surface area (Å²) >= 11 is 0. The van der Waals surface area contributed by atoms with Crippen molar-refractivity contribution in [3.63, 3.8) is 0 Å². The Bertz CT molecular complexity index is 677. The Balaban J connectivity index is 1.65. The van der Waals surface area contributed by atoms with E-state index in [4.69, 9.17) is 0 Å². The van der Waals surface area contributed by atoms with Gasteiger partial charge in [0.2, 0.25) is 5.91 Å². The second-order valence-corrected chi connectivity index (χ2v) is 8.38. The number of aromatic nitrogens is 1. The molecular formula is C20H29F3N4O. The summed E-state index contributed by atoms with van der Waals surface area (Å²) in [4.78, 5) is 17.9. The molecule has 1 saturated carbocycles. The second kappa shape index (κ2) is 8.27. The molecule has 4 atom stereocenters. The van der Waals surface area contributed by atoms with Crippen LogP contribution in [0.2, 0.25) is 0 Å². The number of anilines is 1. The summed E-state index contributed by atoms with van der Waals surface area (Å²) in [6.45, 7) is 5.80. The molecule has 1 aromatic rings. The van der Waals surface area contributed by atoms with Crippen LogP contribution in [0.3, 0.4) is 0 Å². The molecule has 2 heterocycles. The number of carbonyl (C=O) groups is 1. The highest BCUT2D eigenvalue weighted by molar-refractivity contribution is 5.81. The monoisotopic (exact) mass is 398 g/mol. The van der Waals surface area contributed by atoms with Crippen molar-refractivity contribution in [3.05, 3.63) is 24.0 Å². The molecule has 28 heavy (non-hydrogen) atoms. The summed E-state index contributed by atoms with van der Waals surface area (Å²) in [6, 6.07) is 2.59. The molecule has 156 valence electrons. The van der Waals surface area contributed by atoms with E-state index in [1.54, 1.807) is 7.05 Å². The molecule has 0 radical (unpaired) electrons. The fraction of sp³-hybridized carbons (Fsp3) is 0.700.